The van der Waals surface area contributed by atoms with Gasteiger partial charge < -0.3 is 15.4 Å². The Bertz CT molecular complexity index is 449. The molecule has 0 aromatic heterocycles. The minimum atomic E-state index is -0.207. The van der Waals surface area contributed by atoms with Crippen LogP contribution in [0.5, 0.6) is 5.75 Å². The summed E-state index contributed by atoms with van der Waals surface area (Å²) < 4.78 is 6.14. The molecule has 1 unspecified atom stereocenters. The van der Waals surface area contributed by atoms with Crippen LogP contribution >= 0.6 is 0 Å². The third-order valence-corrected chi connectivity index (χ3v) is 3.48. The van der Waals surface area contributed by atoms with Gasteiger partial charge in [0.15, 0.2) is 0 Å². The van der Waals surface area contributed by atoms with Crippen molar-refractivity contribution in [3.05, 3.63) is 23.8 Å². The van der Waals surface area contributed by atoms with Gasteiger partial charge in [0.05, 0.1) is 12.2 Å². The van der Waals surface area contributed by atoms with Gasteiger partial charge in [-0.1, -0.05) is 19.9 Å². The lowest BCUT2D eigenvalue weighted by Crippen LogP contribution is -2.51. The fraction of sp³-hybridized carbons (Fsp3) is 0.625. The molecule has 0 saturated heterocycles. The monoisotopic (exact) mass is 262 g/mol. The van der Waals surface area contributed by atoms with Crippen molar-refractivity contribution in [3.8, 4) is 5.75 Å². The Kier molecular flexibility index (Phi) is 3.77. The molecule has 1 heterocycles. The van der Waals surface area contributed by atoms with E-state index in [1.165, 1.54) is 11.3 Å². The molecule has 0 saturated carbocycles. The number of rotatable bonds is 3. The van der Waals surface area contributed by atoms with Crippen molar-refractivity contribution < 1.29 is 4.74 Å². The number of nitrogens with zero attached hydrogens (tertiary/aromatic N) is 1. The van der Waals surface area contributed by atoms with E-state index in [4.69, 9.17) is 10.5 Å². The zero-order valence-corrected chi connectivity index (χ0v) is 12.7. The largest absolute Gasteiger partial charge is 0.486 e. The van der Waals surface area contributed by atoms with E-state index in [0.29, 0.717) is 5.92 Å². The average molecular weight is 262 g/mol. The maximum Gasteiger partial charge on any atom is 0.143 e. The molecule has 2 rings (SSSR count). The van der Waals surface area contributed by atoms with Crippen LogP contribution in [0.15, 0.2) is 18.2 Å². The minimum Gasteiger partial charge on any atom is -0.486 e. The zero-order valence-electron chi connectivity index (χ0n) is 12.7. The van der Waals surface area contributed by atoms with Gasteiger partial charge in [-0.05, 0) is 44.4 Å². The predicted molar refractivity (Wildman–Crippen MR) is 80.9 cm³/mol. The number of benzene rings is 1. The molecule has 2 N–H and O–H groups in total. The van der Waals surface area contributed by atoms with E-state index in [2.05, 4.69) is 57.7 Å². The lowest BCUT2D eigenvalue weighted by Gasteiger charge is -2.40. The normalized spacial score (nSPS) is 19.3. The van der Waals surface area contributed by atoms with Crippen molar-refractivity contribution in [3.63, 3.8) is 0 Å². The molecule has 0 fully saturated rings. The molecule has 0 bridgehead atoms. The second kappa shape index (κ2) is 5.04. The highest BCUT2D eigenvalue weighted by molar-refractivity contribution is 5.61. The van der Waals surface area contributed by atoms with Crippen LogP contribution in [0.25, 0.3) is 0 Å². The van der Waals surface area contributed by atoms with E-state index in [-0.39, 0.29) is 11.6 Å². The Morgan fingerprint density at radius 1 is 1.42 bits per heavy atom. The third kappa shape index (κ3) is 3.41. The molecule has 1 aliphatic heterocycles. The molecule has 1 aromatic rings. The quantitative estimate of drug-likeness (QED) is 0.910. The lowest BCUT2D eigenvalue weighted by atomic mass is 10.0. The first kappa shape index (κ1) is 14.2. The van der Waals surface area contributed by atoms with Crippen molar-refractivity contribution in [1.29, 1.82) is 0 Å². The molecule has 0 aliphatic carbocycles. The summed E-state index contributed by atoms with van der Waals surface area (Å²) in [4.78, 5) is 2.36. The summed E-state index contributed by atoms with van der Waals surface area (Å²) in [5.41, 5.74) is 8.38. The van der Waals surface area contributed by atoms with Gasteiger partial charge in [0, 0.05) is 12.1 Å². The summed E-state index contributed by atoms with van der Waals surface area (Å²) in [5.74, 6) is 1.49. The van der Waals surface area contributed by atoms with Crippen LogP contribution in [0.1, 0.15) is 33.3 Å². The average Bonchev–Trinajstić information content (AvgIpc) is 2.25. The number of aryl methyl sites for hydroxylation is 1. The van der Waals surface area contributed by atoms with Gasteiger partial charge in [0.1, 0.15) is 11.9 Å². The first-order valence-electron chi connectivity index (χ1n) is 7.07. The number of ether oxygens (including phenoxy) is 1. The SMILES string of the molecule is Cc1ccc2c(c1)OC(C(C)C)CN2CC(C)(C)N. The molecule has 106 valence electrons. The van der Waals surface area contributed by atoms with E-state index < -0.39 is 0 Å². The standard InChI is InChI=1S/C16H26N2O/c1-11(2)15-9-18(10-16(4,5)17)13-7-6-12(3)8-14(13)19-15/h6-8,11,15H,9-10,17H2,1-5H3. The van der Waals surface area contributed by atoms with Crippen molar-refractivity contribution in [1.82, 2.24) is 0 Å². The lowest BCUT2D eigenvalue weighted by molar-refractivity contribution is 0.144. The van der Waals surface area contributed by atoms with E-state index in [1.54, 1.807) is 0 Å². The van der Waals surface area contributed by atoms with E-state index in [9.17, 15) is 0 Å². The molecule has 19 heavy (non-hydrogen) atoms. The Morgan fingerprint density at radius 3 is 2.68 bits per heavy atom. The number of anilines is 1. The third-order valence-electron chi connectivity index (χ3n) is 3.48. The summed E-state index contributed by atoms with van der Waals surface area (Å²) >= 11 is 0. The molecule has 0 radical (unpaired) electrons. The molecule has 3 nitrogen and oxygen atoms in total. The maximum atomic E-state index is 6.19. The van der Waals surface area contributed by atoms with E-state index in [1.807, 2.05) is 0 Å². The first-order chi connectivity index (χ1) is 8.76. The Balaban J connectivity index is 2.33. The van der Waals surface area contributed by atoms with Crippen LogP contribution in [0.2, 0.25) is 0 Å². The smallest absolute Gasteiger partial charge is 0.143 e. The van der Waals surface area contributed by atoms with E-state index in [0.717, 1.165) is 18.8 Å². The number of fused-ring (bicyclic) bond motifs is 1. The molecular weight excluding hydrogens is 236 g/mol. The van der Waals surface area contributed by atoms with Crippen molar-refractivity contribution in [2.45, 2.75) is 46.3 Å². The summed E-state index contributed by atoms with van der Waals surface area (Å²) in [6, 6.07) is 6.40. The number of hydrogen-bond acceptors (Lipinski definition) is 3. The highest BCUT2D eigenvalue weighted by atomic mass is 16.5. The van der Waals surface area contributed by atoms with Crippen LogP contribution in [0.3, 0.4) is 0 Å². The molecular formula is C16H26N2O. The fourth-order valence-electron chi connectivity index (χ4n) is 2.48. The Labute approximate surface area is 116 Å². The van der Waals surface area contributed by atoms with Crippen LogP contribution in [0, 0.1) is 12.8 Å². The molecule has 1 aromatic carbocycles. The number of hydrogen-bond donors (Lipinski definition) is 1. The van der Waals surface area contributed by atoms with Crippen molar-refractivity contribution in [2.75, 3.05) is 18.0 Å². The van der Waals surface area contributed by atoms with Gasteiger partial charge in [0.25, 0.3) is 0 Å². The molecule has 3 heteroatoms. The van der Waals surface area contributed by atoms with Gasteiger partial charge in [-0.2, -0.15) is 0 Å². The highest BCUT2D eigenvalue weighted by Gasteiger charge is 2.30. The molecule has 0 amide bonds. The van der Waals surface area contributed by atoms with Crippen LogP contribution in [-0.4, -0.2) is 24.7 Å². The highest BCUT2D eigenvalue weighted by Crippen LogP contribution is 2.36. The fourth-order valence-corrected chi connectivity index (χ4v) is 2.48. The first-order valence-corrected chi connectivity index (χ1v) is 7.07. The van der Waals surface area contributed by atoms with Crippen molar-refractivity contribution in [2.24, 2.45) is 11.7 Å². The van der Waals surface area contributed by atoms with Gasteiger partial charge >= 0.3 is 0 Å². The maximum absolute atomic E-state index is 6.19. The summed E-state index contributed by atoms with van der Waals surface area (Å²) in [6.07, 6.45) is 0.233. The second-order valence-electron chi connectivity index (χ2n) is 6.74. The van der Waals surface area contributed by atoms with Crippen LogP contribution < -0.4 is 15.4 Å². The van der Waals surface area contributed by atoms with Crippen LogP contribution in [-0.2, 0) is 0 Å². The molecule has 0 spiro atoms. The summed E-state index contributed by atoms with van der Waals surface area (Å²) in [7, 11) is 0. The minimum absolute atomic E-state index is 0.207. The van der Waals surface area contributed by atoms with Gasteiger partial charge in [0.2, 0.25) is 0 Å². The van der Waals surface area contributed by atoms with Gasteiger partial charge in [-0.25, -0.2) is 0 Å². The van der Waals surface area contributed by atoms with Crippen molar-refractivity contribution >= 4 is 5.69 Å². The Hall–Kier alpha value is -1.22. The van der Waals surface area contributed by atoms with Crippen LogP contribution in [0.4, 0.5) is 5.69 Å². The second-order valence-corrected chi connectivity index (χ2v) is 6.74. The topological polar surface area (TPSA) is 38.5 Å². The zero-order chi connectivity index (χ0) is 14.2. The van der Waals surface area contributed by atoms with Gasteiger partial charge in [-0.3, -0.25) is 0 Å². The van der Waals surface area contributed by atoms with Gasteiger partial charge in [-0.15, -0.1) is 0 Å². The molecule has 1 aliphatic rings. The summed E-state index contributed by atoms with van der Waals surface area (Å²) in [6.45, 7) is 12.4. The Morgan fingerprint density at radius 2 is 2.11 bits per heavy atom. The predicted octanol–water partition coefficient (Wildman–Crippen LogP) is 2.96. The van der Waals surface area contributed by atoms with E-state index >= 15 is 0 Å². The number of nitrogens with two attached hydrogens (primary N) is 1. The molecule has 1 atom stereocenters. The summed E-state index contributed by atoms with van der Waals surface area (Å²) in [5, 5.41) is 0.